The first-order valence-corrected chi connectivity index (χ1v) is 11.5. The van der Waals surface area contributed by atoms with Crippen molar-refractivity contribution in [3.63, 3.8) is 0 Å². The van der Waals surface area contributed by atoms with E-state index in [9.17, 15) is 9.59 Å². The molecule has 0 bridgehead atoms. The number of amides is 2. The summed E-state index contributed by atoms with van der Waals surface area (Å²) < 4.78 is 7.16. The van der Waals surface area contributed by atoms with Gasteiger partial charge in [0.2, 0.25) is 11.8 Å². The molecule has 2 amide bonds. The molecule has 0 aliphatic heterocycles. The van der Waals surface area contributed by atoms with Crippen molar-refractivity contribution in [3.8, 4) is 0 Å². The summed E-state index contributed by atoms with van der Waals surface area (Å²) in [7, 11) is 1.80. The maximum atomic E-state index is 13.2. The molecule has 32 heavy (non-hydrogen) atoms. The number of aromatic nitrogens is 4. The van der Waals surface area contributed by atoms with E-state index in [-0.39, 0.29) is 28.6 Å². The van der Waals surface area contributed by atoms with Gasteiger partial charge in [0.05, 0.1) is 11.4 Å². The first-order valence-electron chi connectivity index (χ1n) is 11.1. The molecule has 1 aliphatic carbocycles. The zero-order chi connectivity index (χ0) is 22.7. The summed E-state index contributed by atoms with van der Waals surface area (Å²) in [5.74, 6) is -0.0572. The van der Waals surface area contributed by atoms with Gasteiger partial charge in [-0.25, -0.2) is 5.10 Å². The highest BCUT2D eigenvalue weighted by Gasteiger charge is 2.35. The second-order valence-corrected chi connectivity index (χ2v) is 8.63. The van der Waals surface area contributed by atoms with E-state index in [1.807, 2.05) is 24.3 Å². The van der Waals surface area contributed by atoms with Crippen LogP contribution in [0.3, 0.4) is 0 Å². The van der Waals surface area contributed by atoms with E-state index < -0.39 is 6.04 Å². The zero-order valence-corrected chi connectivity index (χ0v) is 19.1. The summed E-state index contributed by atoms with van der Waals surface area (Å²) in [4.78, 5) is 26.5. The fourth-order valence-corrected chi connectivity index (χ4v) is 4.53. The maximum Gasteiger partial charge on any atom is 0.284 e. The topological polar surface area (TPSA) is 118 Å². The molecular weight excluding hydrogens is 428 g/mol. The number of carbonyl (C=O) groups excluding carboxylic acids is 2. The van der Waals surface area contributed by atoms with Crippen molar-refractivity contribution in [1.82, 2.24) is 30.6 Å². The van der Waals surface area contributed by atoms with E-state index >= 15 is 0 Å². The largest absolute Gasteiger partial charge is 0.414 e. The average molecular weight is 457 g/mol. The Kier molecular flexibility index (Phi) is 6.69. The Bertz CT molecular complexity index is 1170. The number of carbonyl (C=O) groups is 2. The molecule has 170 valence electrons. The molecule has 3 aromatic rings. The predicted octanol–water partition coefficient (Wildman–Crippen LogP) is 3.36. The summed E-state index contributed by atoms with van der Waals surface area (Å²) in [6.07, 6.45) is 4.94. The van der Waals surface area contributed by atoms with Gasteiger partial charge in [0.25, 0.3) is 10.7 Å². The molecule has 1 saturated carbocycles. The van der Waals surface area contributed by atoms with Gasteiger partial charge in [0, 0.05) is 18.5 Å². The highest BCUT2D eigenvalue weighted by molar-refractivity contribution is 7.71. The summed E-state index contributed by atoms with van der Waals surface area (Å²) in [5, 5.41) is 18.0. The Morgan fingerprint density at radius 1 is 1.34 bits per heavy atom. The number of H-pyrrole nitrogens is 1. The lowest BCUT2D eigenvalue weighted by molar-refractivity contribution is -0.124. The van der Waals surface area contributed by atoms with Gasteiger partial charge in [-0.2, -0.15) is 5.10 Å². The third kappa shape index (κ3) is 4.59. The first-order chi connectivity index (χ1) is 15.5. The predicted molar refractivity (Wildman–Crippen MR) is 122 cm³/mol. The molecule has 0 radical (unpaired) electrons. The fourth-order valence-electron chi connectivity index (χ4n) is 4.40. The van der Waals surface area contributed by atoms with E-state index in [1.54, 1.807) is 11.7 Å². The minimum atomic E-state index is -0.643. The van der Waals surface area contributed by atoms with Crippen molar-refractivity contribution in [2.24, 2.45) is 7.05 Å². The minimum Gasteiger partial charge on any atom is -0.414 e. The van der Waals surface area contributed by atoms with Crippen molar-refractivity contribution in [2.75, 3.05) is 0 Å². The number of hydrogen-bond donors (Lipinski definition) is 3. The van der Waals surface area contributed by atoms with Crippen LogP contribution in [0, 0.1) is 4.84 Å². The molecule has 1 fully saturated rings. The van der Waals surface area contributed by atoms with Crippen LogP contribution in [0.5, 0.6) is 0 Å². The van der Waals surface area contributed by atoms with Crippen LogP contribution in [0.2, 0.25) is 0 Å². The number of benzene rings is 1. The lowest BCUT2D eigenvalue weighted by Crippen LogP contribution is -2.50. The van der Waals surface area contributed by atoms with Crippen LogP contribution in [-0.2, 0) is 11.8 Å². The lowest BCUT2D eigenvalue weighted by atomic mass is 10.0. The molecule has 3 N–H and O–H groups in total. The normalized spacial score (nSPS) is 19.2. The van der Waals surface area contributed by atoms with Crippen molar-refractivity contribution in [3.05, 3.63) is 40.7 Å². The number of para-hydroxylation sites is 1. The molecule has 2 aromatic heterocycles. The molecule has 3 atom stereocenters. The first kappa shape index (κ1) is 22.2. The number of aromatic amines is 1. The van der Waals surface area contributed by atoms with E-state index in [4.69, 9.17) is 16.6 Å². The smallest absolute Gasteiger partial charge is 0.284 e. The van der Waals surface area contributed by atoms with Crippen LogP contribution in [0.1, 0.15) is 67.7 Å². The molecule has 1 aromatic carbocycles. The van der Waals surface area contributed by atoms with E-state index in [1.165, 1.54) is 0 Å². The van der Waals surface area contributed by atoms with Gasteiger partial charge in [-0.1, -0.05) is 44.4 Å². The number of nitrogens with one attached hydrogen (secondary N) is 3. The Hall–Kier alpha value is -3.01. The van der Waals surface area contributed by atoms with E-state index in [0.29, 0.717) is 18.0 Å². The van der Waals surface area contributed by atoms with Crippen LogP contribution >= 0.6 is 12.2 Å². The minimum absolute atomic E-state index is 0.0332. The van der Waals surface area contributed by atoms with E-state index in [2.05, 4.69) is 32.9 Å². The molecule has 1 aliphatic rings. The van der Waals surface area contributed by atoms with Crippen molar-refractivity contribution in [1.29, 1.82) is 0 Å². The van der Waals surface area contributed by atoms with E-state index in [0.717, 1.165) is 43.0 Å². The molecule has 4 rings (SSSR count). The number of fused-ring (bicyclic) bond motifs is 1. The summed E-state index contributed by atoms with van der Waals surface area (Å²) >= 11 is 4.99. The summed E-state index contributed by atoms with van der Waals surface area (Å²) in [5.41, 5.74) is 1.19. The molecule has 0 unspecified atom stereocenters. The fraction of sp³-hybridized carbons (Fsp3) is 0.500. The van der Waals surface area contributed by atoms with Crippen LogP contribution < -0.4 is 10.6 Å². The lowest BCUT2D eigenvalue weighted by Gasteiger charge is -2.23. The number of nitrogens with zero attached hydrogens (tertiary/aromatic N) is 3. The van der Waals surface area contributed by atoms with Crippen LogP contribution in [0.4, 0.5) is 0 Å². The number of unbranched alkanes of at least 4 members (excludes halogenated alkanes) is 1. The van der Waals surface area contributed by atoms with Gasteiger partial charge >= 0.3 is 0 Å². The standard InChI is InChI=1S/C22H28N6O3S/c1-3-4-10-16(24-20(30)18-14-8-5-6-12-17(14)28(2)27-18)19(29)23-15-11-7-9-13(15)21-25-26-22(32)31-21/h5-6,8,12-13,15-16H,3-4,7,9-11H2,1-2H3,(H,23,29)(H,24,30)(H,26,32)/t13-,15+,16+/m1/s1. The maximum absolute atomic E-state index is 13.2. The van der Waals surface area contributed by atoms with Crippen molar-refractivity contribution in [2.45, 2.75) is 63.5 Å². The third-order valence-corrected chi connectivity index (χ3v) is 6.23. The molecule has 10 heteroatoms. The second kappa shape index (κ2) is 9.64. The SMILES string of the molecule is CCCC[C@H](NC(=O)c1nn(C)c2ccccc12)C(=O)N[C@H]1CCC[C@H]1c1n[nH]c(=S)o1. The van der Waals surface area contributed by atoms with Gasteiger partial charge < -0.3 is 15.1 Å². The number of hydrogen-bond acceptors (Lipinski definition) is 6. The highest BCUT2D eigenvalue weighted by atomic mass is 32.1. The van der Waals surface area contributed by atoms with Crippen LogP contribution in [-0.4, -0.2) is 43.9 Å². The number of rotatable bonds is 8. The molecule has 0 saturated heterocycles. The highest BCUT2D eigenvalue weighted by Crippen LogP contribution is 2.33. The summed E-state index contributed by atoms with van der Waals surface area (Å²) in [6.45, 7) is 2.06. The van der Waals surface area contributed by atoms with Gasteiger partial charge in [-0.05, 0) is 37.5 Å². The quantitative estimate of drug-likeness (QED) is 0.448. The summed E-state index contributed by atoms with van der Waals surface area (Å²) in [6, 6.07) is 6.80. The second-order valence-electron chi connectivity index (χ2n) is 8.26. The Labute approximate surface area is 190 Å². The Morgan fingerprint density at radius 2 is 2.16 bits per heavy atom. The van der Waals surface area contributed by atoms with Crippen LogP contribution in [0.25, 0.3) is 10.9 Å². The molecular formula is C22H28N6O3S. The number of aryl methyl sites for hydroxylation is 1. The monoisotopic (exact) mass is 456 g/mol. The Morgan fingerprint density at radius 3 is 2.91 bits per heavy atom. The molecule has 0 spiro atoms. The molecule has 2 heterocycles. The van der Waals surface area contributed by atoms with Crippen LogP contribution in [0.15, 0.2) is 28.7 Å². The van der Waals surface area contributed by atoms with Gasteiger partial charge in [0.1, 0.15) is 6.04 Å². The third-order valence-electron chi connectivity index (χ3n) is 6.06. The zero-order valence-electron chi connectivity index (χ0n) is 18.3. The average Bonchev–Trinajstić information content (AvgIpc) is 3.50. The Balaban J connectivity index is 1.49. The van der Waals surface area contributed by atoms with Gasteiger partial charge in [0.15, 0.2) is 5.69 Å². The van der Waals surface area contributed by atoms with Crippen molar-refractivity contribution < 1.29 is 14.0 Å². The van der Waals surface area contributed by atoms with Gasteiger partial charge in [-0.15, -0.1) is 5.10 Å². The van der Waals surface area contributed by atoms with Gasteiger partial charge in [-0.3, -0.25) is 14.3 Å². The van der Waals surface area contributed by atoms with Crippen molar-refractivity contribution >= 4 is 34.9 Å². The molecule has 9 nitrogen and oxygen atoms in total.